The Morgan fingerprint density at radius 2 is 1.64 bits per heavy atom. The summed E-state index contributed by atoms with van der Waals surface area (Å²) in [4.78, 5) is 42.0. The molecule has 3 rings (SSSR count). The Morgan fingerprint density at radius 1 is 1.00 bits per heavy atom. The zero-order chi connectivity index (χ0) is 25.9. The molecule has 0 aliphatic heterocycles. The molecule has 0 fully saturated rings. The van der Waals surface area contributed by atoms with Crippen molar-refractivity contribution in [1.29, 1.82) is 0 Å². The van der Waals surface area contributed by atoms with E-state index in [1.165, 1.54) is 30.2 Å². The van der Waals surface area contributed by atoms with Crippen molar-refractivity contribution in [3.63, 3.8) is 0 Å². The molecule has 0 saturated heterocycles. The third kappa shape index (κ3) is 7.72. The van der Waals surface area contributed by atoms with Crippen LogP contribution in [0.3, 0.4) is 0 Å². The van der Waals surface area contributed by atoms with Crippen LogP contribution in [0.5, 0.6) is 11.5 Å². The quantitative estimate of drug-likeness (QED) is 0.340. The lowest BCUT2D eigenvalue weighted by molar-refractivity contribution is -0.149. The maximum Gasteiger partial charge on any atom is 0.329 e. The fourth-order valence-electron chi connectivity index (χ4n) is 3.09. The molecular formula is C25H27N3O6S2. The summed E-state index contributed by atoms with van der Waals surface area (Å²) in [6, 6.07) is 13.0. The summed E-state index contributed by atoms with van der Waals surface area (Å²) in [5, 5.41) is 7.52. The normalized spacial score (nSPS) is 11.3. The number of carbonyl (C=O) groups is 3. The van der Waals surface area contributed by atoms with Gasteiger partial charge in [0.25, 0.3) is 11.8 Å². The van der Waals surface area contributed by atoms with Crippen molar-refractivity contribution in [3.8, 4) is 22.8 Å². The van der Waals surface area contributed by atoms with Crippen LogP contribution in [-0.2, 0) is 14.3 Å². The summed E-state index contributed by atoms with van der Waals surface area (Å²) in [5.41, 5.74) is 1.96. The Labute approximate surface area is 217 Å². The number of ether oxygens (including phenoxy) is 3. The van der Waals surface area contributed by atoms with Crippen LogP contribution in [0.2, 0.25) is 0 Å². The number of amides is 2. The third-order valence-electron chi connectivity index (χ3n) is 5.03. The van der Waals surface area contributed by atoms with Crippen molar-refractivity contribution in [2.45, 2.75) is 12.5 Å². The molecule has 0 radical (unpaired) electrons. The van der Waals surface area contributed by atoms with E-state index < -0.39 is 30.4 Å². The predicted octanol–water partition coefficient (Wildman–Crippen LogP) is 3.86. The Kier molecular flexibility index (Phi) is 10.1. The van der Waals surface area contributed by atoms with Gasteiger partial charge in [-0.05, 0) is 67.0 Å². The van der Waals surface area contributed by atoms with Gasteiger partial charge in [0.15, 0.2) is 11.7 Å². The summed E-state index contributed by atoms with van der Waals surface area (Å²) in [7, 11) is 3.13. The number of nitrogens with zero attached hydrogens (tertiary/aromatic N) is 1. The summed E-state index contributed by atoms with van der Waals surface area (Å²) in [6.07, 6.45) is 2.26. The van der Waals surface area contributed by atoms with Gasteiger partial charge in [-0.25, -0.2) is 9.78 Å². The lowest BCUT2D eigenvalue weighted by Gasteiger charge is -2.17. The first-order chi connectivity index (χ1) is 17.4. The third-order valence-corrected chi connectivity index (χ3v) is 6.44. The molecule has 1 heterocycles. The van der Waals surface area contributed by atoms with Crippen LogP contribution < -0.4 is 20.1 Å². The van der Waals surface area contributed by atoms with Crippen molar-refractivity contribution in [3.05, 3.63) is 59.5 Å². The summed E-state index contributed by atoms with van der Waals surface area (Å²) < 4.78 is 15.4. The molecule has 190 valence electrons. The number of thiazole rings is 1. The molecule has 2 amide bonds. The van der Waals surface area contributed by atoms with Gasteiger partial charge in [-0.1, -0.05) is 0 Å². The molecular weight excluding hydrogens is 502 g/mol. The van der Waals surface area contributed by atoms with Gasteiger partial charge in [-0.15, -0.1) is 11.3 Å². The number of methoxy groups -OCH3 is 2. The van der Waals surface area contributed by atoms with Crippen molar-refractivity contribution >= 4 is 46.0 Å². The van der Waals surface area contributed by atoms with Crippen LogP contribution in [0, 0.1) is 0 Å². The molecule has 3 aromatic rings. The number of anilines is 1. The average Bonchev–Trinajstić information content (AvgIpc) is 3.37. The van der Waals surface area contributed by atoms with E-state index in [0.29, 0.717) is 34.3 Å². The highest BCUT2D eigenvalue weighted by Crippen LogP contribution is 2.26. The molecule has 1 atom stereocenters. The lowest BCUT2D eigenvalue weighted by Crippen LogP contribution is -2.43. The minimum Gasteiger partial charge on any atom is -0.497 e. The number of rotatable bonds is 12. The zero-order valence-corrected chi connectivity index (χ0v) is 21.7. The smallest absolute Gasteiger partial charge is 0.329 e. The number of hydrogen-bond donors (Lipinski definition) is 2. The second kappa shape index (κ2) is 13.5. The van der Waals surface area contributed by atoms with Crippen LogP contribution in [0.25, 0.3) is 11.3 Å². The minimum atomic E-state index is -0.888. The van der Waals surface area contributed by atoms with E-state index in [0.717, 1.165) is 11.3 Å². The molecule has 0 aliphatic carbocycles. The molecule has 2 aromatic carbocycles. The summed E-state index contributed by atoms with van der Waals surface area (Å²) in [6.45, 7) is -0.496. The molecule has 11 heteroatoms. The first-order valence-corrected chi connectivity index (χ1v) is 13.2. The van der Waals surface area contributed by atoms with E-state index in [4.69, 9.17) is 14.2 Å². The first kappa shape index (κ1) is 27.0. The fourth-order valence-corrected chi connectivity index (χ4v) is 4.29. The lowest BCUT2D eigenvalue weighted by atomic mass is 10.1. The number of aromatic nitrogens is 1. The Hall–Kier alpha value is -3.57. The van der Waals surface area contributed by atoms with Gasteiger partial charge in [0.1, 0.15) is 17.5 Å². The zero-order valence-electron chi connectivity index (χ0n) is 20.1. The van der Waals surface area contributed by atoms with Crippen LogP contribution in [0.15, 0.2) is 53.9 Å². The second-order valence-electron chi connectivity index (χ2n) is 7.46. The van der Waals surface area contributed by atoms with Crippen LogP contribution >= 0.6 is 23.1 Å². The SMILES string of the molecule is COc1ccc(C(=O)N[C@H](CCSC)C(=O)OCC(=O)Nc2nc(-c3ccc(OC)cc3)cs2)cc1. The molecule has 1 aromatic heterocycles. The van der Waals surface area contributed by atoms with Crippen molar-refractivity contribution < 1.29 is 28.6 Å². The fraction of sp³-hybridized carbons (Fsp3) is 0.280. The van der Waals surface area contributed by atoms with E-state index in [1.54, 1.807) is 31.4 Å². The molecule has 2 N–H and O–H groups in total. The van der Waals surface area contributed by atoms with Crippen molar-refractivity contribution in [2.24, 2.45) is 0 Å². The minimum absolute atomic E-state index is 0.362. The van der Waals surface area contributed by atoms with Crippen molar-refractivity contribution in [1.82, 2.24) is 10.3 Å². The molecule has 0 unspecified atom stereocenters. The monoisotopic (exact) mass is 529 g/mol. The first-order valence-electron chi connectivity index (χ1n) is 10.9. The number of hydrogen-bond acceptors (Lipinski definition) is 9. The van der Waals surface area contributed by atoms with Crippen LogP contribution in [0.4, 0.5) is 5.13 Å². The largest absolute Gasteiger partial charge is 0.497 e. The Bertz CT molecular complexity index is 1170. The molecule has 36 heavy (non-hydrogen) atoms. The number of carbonyl (C=O) groups excluding carboxylic acids is 3. The van der Waals surface area contributed by atoms with Crippen molar-refractivity contribution in [2.75, 3.05) is 38.2 Å². The maximum atomic E-state index is 12.6. The summed E-state index contributed by atoms with van der Waals surface area (Å²) in [5.74, 6) is 0.358. The molecule has 0 spiro atoms. The average molecular weight is 530 g/mol. The van der Waals surface area contributed by atoms with Gasteiger partial charge in [0, 0.05) is 16.5 Å². The number of thioether (sulfide) groups is 1. The topological polar surface area (TPSA) is 116 Å². The molecule has 9 nitrogen and oxygen atoms in total. The maximum absolute atomic E-state index is 12.6. The van der Waals surface area contributed by atoms with Crippen LogP contribution in [-0.4, -0.2) is 61.6 Å². The van der Waals surface area contributed by atoms with E-state index >= 15 is 0 Å². The van der Waals surface area contributed by atoms with Gasteiger partial charge in [-0.2, -0.15) is 11.8 Å². The summed E-state index contributed by atoms with van der Waals surface area (Å²) >= 11 is 2.79. The molecule has 0 bridgehead atoms. The van der Waals surface area contributed by atoms with E-state index in [1.807, 2.05) is 35.9 Å². The van der Waals surface area contributed by atoms with Gasteiger partial charge < -0.3 is 19.5 Å². The molecule has 0 saturated carbocycles. The highest BCUT2D eigenvalue weighted by Gasteiger charge is 2.23. The Balaban J connectivity index is 1.53. The second-order valence-corrected chi connectivity index (χ2v) is 9.30. The predicted molar refractivity (Wildman–Crippen MR) is 141 cm³/mol. The van der Waals surface area contributed by atoms with E-state index in [2.05, 4.69) is 15.6 Å². The van der Waals surface area contributed by atoms with Gasteiger partial charge in [-0.3, -0.25) is 14.9 Å². The Morgan fingerprint density at radius 3 is 2.25 bits per heavy atom. The highest BCUT2D eigenvalue weighted by atomic mass is 32.2. The van der Waals surface area contributed by atoms with Crippen LogP contribution in [0.1, 0.15) is 16.8 Å². The van der Waals surface area contributed by atoms with E-state index in [-0.39, 0.29) is 0 Å². The number of benzene rings is 2. The van der Waals surface area contributed by atoms with E-state index in [9.17, 15) is 14.4 Å². The number of esters is 1. The van der Waals surface area contributed by atoms with Gasteiger partial charge >= 0.3 is 5.97 Å². The molecule has 0 aliphatic rings. The number of nitrogens with one attached hydrogen (secondary N) is 2. The highest BCUT2D eigenvalue weighted by molar-refractivity contribution is 7.98. The van der Waals surface area contributed by atoms with Gasteiger partial charge in [0.05, 0.1) is 19.9 Å². The standard InChI is InChI=1S/C25H27N3O6S2/c1-32-18-8-4-16(5-9-18)21-15-36-25(27-21)28-22(29)14-34-24(31)20(12-13-35-3)26-23(30)17-6-10-19(33-2)11-7-17/h4-11,15,20H,12-14H2,1-3H3,(H,26,30)(H,27,28,29)/t20-/m1/s1. The van der Waals surface area contributed by atoms with Gasteiger partial charge in [0.2, 0.25) is 0 Å².